The van der Waals surface area contributed by atoms with Gasteiger partial charge < -0.3 is 10.6 Å². The van der Waals surface area contributed by atoms with Crippen molar-refractivity contribution in [1.82, 2.24) is 15.5 Å². The van der Waals surface area contributed by atoms with Crippen molar-refractivity contribution in [2.45, 2.75) is 83.8 Å². The Kier molecular flexibility index (Phi) is 9.19. The maximum absolute atomic E-state index is 12.5. The van der Waals surface area contributed by atoms with Gasteiger partial charge in [-0.15, -0.1) is 24.8 Å². The second-order valence-corrected chi connectivity index (χ2v) is 9.62. The summed E-state index contributed by atoms with van der Waals surface area (Å²) in [6.45, 7) is 12.3. The molecule has 4 unspecified atom stereocenters. The number of nitrogens with zero attached hydrogens (tertiary/aromatic N) is 1. The number of amides is 1. The van der Waals surface area contributed by atoms with Crippen LogP contribution >= 0.6 is 24.8 Å². The fourth-order valence-corrected chi connectivity index (χ4v) is 5.26. The zero-order chi connectivity index (χ0) is 17.3. The Hall–Kier alpha value is -0.0300. The summed E-state index contributed by atoms with van der Waals surface area (Å²) >= 11 is 0. The Morgan fingerprint density at radius 2 is 1.58 bits per heavy atom. The van der Waals surface area contributed by atoms with Crippen LogP contribution in [0.1, 0.15) is 66.2 Å². The number of hydrogen-bond acceptors (Lipinski definition) is 3. The number of nitrogens with one attached hydrogen (secondary N) is 2. The summed E-state index contributed by atoms with van der Waals surface area (Å²) in [5.41, 5.74) is 0.0474. The van der Waals surface area contributed by atoms with Gasteiger partial charge in [-0.1, -0.05) is 13.8 Å². The maximum atomic E-state index is 12.5. The lowest BCUT2D eigenvalue weighted by atomic mass is 9.87. The summed E-state index contributed by atoms with van der Waals surface area (Å²) in [4.78, 5) is 15.0. The number of likely N-dealkylation sites (tertiary alicyclic amines) is 1. The number of fused-ring (bicyclic) bond motifs is 2. The highest BCUT2D eigenvalue weighted by Gasteiger charge is 2.35. The van der Waals surface area contributed by atoms with Gasteiger partial charge in [0.1, 0.15) is 0 Å². The van der Waals surface area contributed by atoms with Crippen molar-refractivity contribution in [2.75, 3.05) is 19.6 Å². The fraction of sp³-hybridized carbons (Fsp3) is 0.950. The van der Waals surface area contributed by atoms with E-state index in [9.17, 15) is 4.79 Å². The first-order valence-electron chi connectivity index (χ1n) is 10.1. The quantitative estimate of drug-likeness (QED) is 0.730. The number of rotatable bonds is 5. The summed E-state index contributed by atoms with van der Waals surface area (Å²) < 4.78 is 0. The Morgan fingerprint density at radius 3 is 2.12 bits per heavy atom. The Bertz CT molecular complexity index is 438. The summed E-state index contributed by atoms with van der Waals surface area (Å²) in [5, 5.41) is 6.91. The minimum atomic E-state index is 0. The van der Waals surface area contributed by atoms with Gasteiger partial charge in [-0.25, -0.2) is 0 Å². The van der Waals surface area contributed by atoms with E-state index in [0.717, 1.165) is 37.9 Å². The van der Waals surface area contributed by atoms with Crippen molar-refractivity contribution in [3.63, 3.8) is 0 Å². The first kappa shape index (κ1) is 24.0. The second-order valence-electron chi connectivity index (χ2n) is 9.62. The van der Waals surface area contributed by atoms with E-state index in [0.29, 0.717) is 18.0 Å². The Morgan fingerprint density at radius 1 is 1.04 bits per heavy atom. The molecule has 2 bridgehead atoms. The first-order valence-corrected chi connectivity index (χ1v) is 10.1. The molecule has 2 N–H and O–H groups in total. The van der Waals surface area contributed by atoms with Crippen LogP contribution < -0.4 is 10.6 Å². The molecule has 26 heavy (non-hydrogen) atoms. The van der Waals surface area contributed by atoms with Gasteiger partial charge in [0, 0.05) is 43.7 Å². The van der Waals surface area contributed by atoms with Crippen molar-refractivity contribution in [1.29, 1.82) is 0 Å². The number of carbonyl (C=O) groups excluding carboxylic acids is 1. The highest BCUT2D eigenvalue weighted by Crippen LogP contribution is 2.32. The third kappa shape index (κ3) is 6.25. The van der Waals surface area contributed by atoms with Crippen molar-refractivity contribution >= 4 is 30.7 Å². The van der Waals surface area contributed by atoms with Crippen LogP contribution in [0.25, 0.3) is 0 Å². The predicted octanol–water partition coefficient (Wildman–Crippen LogP) is 3.62. The van der Waals surface area contributed by atoms with Crippen molar-refractivity contribution in [3.8, 4) is 0 Å². The average Bonchev–Trinajstić information content (AvgIpc) is 2.83. The lowest BCUT2D eigenvalue weighted by Gasteiger charge is -2.45. The van der Waals surface area contributed by atoms with E-state index < -0.39 is 0 Å². The molecule has 0 aliphatic carbocycles. The molecule has 154 valence electrons. The van der Waals surface area contributed by atoms with E-state index in [2.05, 4.69) is 43.2 Å². The normalized spacial score (nSPS) is 34.5. The minimum absolute atomic E-state index is 0. The molecule has 3 fully saturated rings. The zero-order valence-electron chi connectivity index (χ0n) is 16.9. The minimum Gasteiger partial charge on any atom is -0.354 e. The lowest BCUT2D eigenvalue weighted by Crippen LogP contribution is -2.56. The molecule has 3 rings (SSSR count). The third-order valence-corrected chi connectivity index (χ3v) is 6.49. The molecule has 4 atom stereocenters. The highest BCUT2D eigenvalue weighted by molar-refractivity contribution is 5.85. The molecule has 3 heterocycles. The summed E-state index contributed by atoms with van der Waals surface area (Å²) in [6, 6.07) is 1.35. The molecule has 0 spiro atoms. The molecular formula is C20H39Cl2N3O. The van der Waals surface area contributed by atoms with Gasteiger partial charge in [0.25, 0.3) is 0 Å². The number of piperidine rings is 2. The second kappa shape index (κ2) is 9.95. The molecule has 0 radical (unpaired) electrons. The van der Waals surface area contributed by atoms with E-state index in [1.807, 2.05) is 0 Å². The smallest absolute Gasteiger partial charge is 0.220 e. The van der Waals surface area contributed by atoms with Gasteiger partial charge in [0.15, 0.2) is 0 Å². The molecular weight excluding hydrogens is 369 g/mol. The monoisotopic (exact) mass is 407 g/mol. The van der Waals surface area contributed by atoms with E-state index >= 15 is 0 Å². The SMILES string of the molecule is CC1CC(C)CN(C(C)(C)CNC(=O)CC2CC3CCC(C2)N3)C1.Cl.Cl. The van der Waals surface area contributed by atoms with E-state index in [1.165, 1.54) is 32.1 Å². The van der Waals surface area contributed by atoms with Gasteiger partial charge in [0.05, 0.1) is 0 Å². The van der Waals surface area contributed by atoms with Crippen molar-refractivity contribution < 1.29 is 4.79 Å². The van der Waals surface area contributed by atoms with Gasteiger partial charge in [-0.05, 0) is 63.7 Å². The van der Waals surface area contributed by atoms with Crippen LogP contribution in [0, 0.1) is 17.8 Å². The van der Waals surface area contributed by atoms with Crippen LogP contribution in [-0.2, 0) is 4.79 Å². The number of halogens is 2. The number of hydrogen-bond donors (Lipinski definition) is 2. The summed E-state index contributed by atoms with van der Waals surface area (Å²) in [6.07, 6.45) is 7.04. The molecule has 0 aromatic carbocycles. The Balaban J connectivity index is 0.00000169. The lowest BCUT2D eigenvalue weighted by molar-refractivity contribution is -0.123. The van der Waals surface area contributed by atoms with Gasteiger partial charge in [-0.3, -0.25) is 9.69 Å². The molecule has 0 aromatic heterocycles. The van der Waals surface area contributed by atoms with Crippen LogP contribution in [0.4, 0.5) is 0 Å². The van der Waals surface area contributed by atoms with E-state index in [1.54, 1.807) is 0 Å². The summed E-state index contributed by atoms with van der Waals surface area (Å²) in [7, 11) is 0. The van der Waals surface area contributed by atoms with Crippen molar-refractivity contribution in [3.05, 3.63) is 0 Å². The summed E-state index contributed by atoms with van der Waals surface area (Å²) in [5.74, 6) is 2.36. The topological polar surface area (TPSA) is 44.4 Å². The molecule has 3 aliphatic rings. The van der Waals surface area contributed by atoms with E-state index in [-0.39, 0.29) is 36.3 Å². The van der Waals surface area contributed by atoms with Crippen molar-refractivity contribution in [2.24, 2.45) is 17.8 Å². The largest absolute Gasteiger partial charge is 0.354 e. The highest BCUT2D eigenvalue weighted by atomic mass is 35.5. The van der Waals surface area contributed by atoms with Crippen LogP contribution in [0.5, 0.6) is 0 Å². The molecule has 3 saturated heterocycles. The molecule has 0 saturated carbocycles. The average molecular weight is 408 g/mol. The third-order valence-electron chi connectivity index (χ3n) is 6.49. The van der Waals surface area contributed by atoms with Gasteiger partial charge >= 0.3 is 0 Å². The maximum Gasteiger partial charge on any atom is 0.220 e. The van der Waals surface area contributed by atoms with Crippen LogP contribution in [0.3, 0.4) is 0 Å². The molecule has 4 nitrogen and oxygen atoms in total. The van der Waals surface area contributed by atoms with Crippen LogP contribution in [0.15, 0.2) is 0 Å². The van der Waals surface area contributed by atoms with Crippen LogP contribution in [-0.4, -0.2) is 48.1 Å². The Labute approximate surface area is 172 Å². The predicted molar refractivity (Wildman–Crippen MR) is 113 cm³/mol. The van der Waals surface area contributed by atoms with Gasteiger partial charge in [-0.2, -0.15) is 0 Å². The standard InChI is InChI=1S/C20H37N3O.2ClH/c1-14-7-15(2)12-23(11-14)20(3,4)13-21-19(24)10-16-8-17-5-6-18(9-16)22-17;;/h14-18,22H,5-13H2,1-4H3,(H,21,24);2*1H. The molecule has 0 aromatic rings. The number of carbonyl (C=O) groups is 1. The molecule has 1 amide bonds. The molecule has 6 heteroatoms. The fourth-order valence-electron chi connectivity index (χ4n) is 5.26. The first-order chi connectivity index (χ1) is 11.3. The molecule has 3 aliphatic heterocycles. The van der Waals surface area contributed by atoms with Gasteiger partial charge in [0.2, 0.25) is 5.91 Å². The van der Waals surface area contributed by atoms with E-state index in [4.69, 9.17) is 0 Å². The van der Waals surface area contributed by atoms with Crippen LogP contribution in [0.2, 0.25) is 0 Å². The zero-order valence-corrected chi connectivity index (χ0v) is 18.6.